The van der Waals surface area contributed by atoms with Crippen LogP contribution in [0.1, 0.15) is 30.1 Å². The van der Waals surface area contributed by atoms with Gasteiger partial charge in [-0.1, -0.05) is 6.07 Å². The fourth-order valence-corrected chi connectivity index (χ4v) is 1.60. The van der Waals surface area contributed by atoms with Gasteiger partial charge >= 0.3 is 0 Å². The Bertz CT molecular complexity index is 318. The zero-order valence-electron chi connectivity index (χ0n) is 7.63. The number of aryl methyl sites for hydroxylation is 1. The van der Waals surface area contributed by atoms with E-state index in [2.05, 4.69) is 0 Å². The highest BCUT2D eigenvalue weighted by atomic mass is 19.1. The third-order valence-electron chi connectivity index (χ3n) is 2.63. The van der Waals surface area contributed by atoms with Gasteiger partial charge in [0.15, 0.2) is 0 Å². The largest absolute Gasteiger partial charge is 0.388 e. The quantitative estimate of drug-likeness (QED) is 0.741. The molecule has 0 radical (unpaired) electrons. The molecule has 1 nitrogen and oxygen atoms in total. The van der Waals surface area contributed by atoms with Gasteiger partial charge in [0.2, 0.25) is 0 Å². The third-order valence-corrected chi connectivity index (χ3v) is 2.63. The minimum Gasteiger partial charge on any atom is -0.388 e. The van der Waals surface area contributed by atoms with E-state index in [9.17, 15) is 9.50 Å². The van der Waals surface area contributed by atoms with E-state index >= 15 is 0 Å². The average molecular weight is 180 g/mol. The van der Waals surface area contributed by atoms with Crippen molar-refractivity contribution in [3.05, 3.63) is 35.1 Å². The number of halogens is 1. The summed E-state index contributed by atoms with van der Waals surface area (Å²) in [6.07, 6.45) is 1.67. The van der Waals surface area contributed by atoms with E-state index in [-0.39, 0.29) is 5.82 Å². The summed E-state index contributed by atoms with van der Waals surface area (Å²) in [6.45, 7) is 1.90. The molecule has 0 spiro atoms. The van der Waals surface area contributed by atoms with Crippen molar-refractivity contribution in [2.75, 3.05) is 0 Å². The van der Waals surface area contributed by atoms with Gasteiger partial charge < -0.3 is 5.11 Å². The highest BCUT2D eigenvalue weighted by Gasteiger charge is 2.31. The number of aliphatic hydroxyl groups excluding tert-OH is 1. The lowest BCUT2D eigenvalue weighted by atomic mass is 10.0. The van der Waals surface area contributed by atoms with Crippen LogP contribution in [0, 0.1) is 18.7 Å². The van der Waals surface area contributed by atoms with Crippen molar-refractivity contribution in [2.24, 2.45) is 5.92 Å². The number of rotatable bonds is 2. The van der Waals surface area contributed by atoms with Crippen molar-refractivity contribution in [2.45, 2.75) is 25.9 Å². The predicted molar refractivity (Wildman–Crippen MR) is 48.8 cm³/mol. The summed E-state index contributed by atoms with van der Waals surface area (Å²) in [7, 11) is 0. The standard InChI is InChI=1S/C11H13FO/c1-7-2-5-9(12)6-10(7)11(13)8-3-4-8/h2,5-6,8,11,13H,3-4H2,1H3. The zero-order valence-corrected chi connectivity index (χ0v) is 7.63. The summed E-state index contributed by atoms with van der Waals surface area (Å²) < 4.78 is 12.9. The molecule has 1 aliphatic rings. The van der Waals surface area contributed by atoms with Crippen LogP contribution >= 0.6 is 0 Å². The van der Waals surface area contributed by atoms with Crippen LogP contribution in [-0.2, 0) is 0 Å². The van der Waals surface area contributed by atoms with Gasteiger partial charge in [0.25, 0.3) is 0 Å². The first-order chi connectivity index (χ1) is 6.18. The van der Waals surface area contributed by atoms with E-state index < -0.39 is 6.10 Å². The lowest BCUT2D eigenvalue weighted by Crippen LogP contribution is -2.02. The molecule has 1 aromatic rings. The van der Waals surface area contributed by atoms with Gasteiger partial charge in [0.05, 0.1) is 6.10 Å². The molecule has 0 amide bonds. The second kappa shape index (κ2) is 3.11. The summed E-state index contributed by atoms with van der Waals surface area (Å²) in [4.78, 5) is 0. The third kappa shape index (κ3) is 1.73. The van der Waals surface area contributed by atoms with Gasteiger partial charge in [-0.3, -0.25) is 0 Å². The molecule has 70 valence electrons. The Hall–Kier alpha value is -0.890. The Kier molecular flexibility index (Phi) is 2.08. The summed E-state index contributed by atoms with van der Waals surface area (Å²) in [5.41, 5.74) is 1.73. The Balaban J connectivity index is 2.31. The van der Waals surface area contributed by atoms with Gasteiger partial charge in [-0.15, -0.1) is 0 Å². The SMILES string of the molecule is Cc1ccc(F)cc1C(O)C1CC1. The summed E-state index contributed by atoms with van der Waals surface area (Å²) >= 11 is 0. The van der Waals surface area contributed by atoms with E-state index in [0.29, 0.717) is 5.92 Å². The molecule has 0 aromatic heterocycles. The maximum absolute atomic E-state index is 12.9. The fraction of sp³-hybridized carbons (Fsp3) is 0.455. The number of hydrogen-bond donors (Lipinski definition) is 1. The summed E-state index contributed by atoms with van der Waals surface area (Å²) in [6, 6.07) is 4.59. The number of benzene rings is 1. The highest BCUT2D eigenvalue weighted by molar-refractivity contribution is 5.29. The van der Waals surface area contributed by atoms with Gasteiger partial charge in [0.1, 0.15) is 5.82 Å². The first-order valence-corrected chi connectivity index (χ1v) is 4.62. The molecule has 0 aliphatic heterocycles. The van der Waals surface area contributed by atoms with E-state index in [1.807, 2.05) is 6.92 Å². The molecule has 0 heterocycles. The number of aliphatic hydroxyl groups is 1. The molecule has 1 aliphatic carbocycles. The monoisotopic (exact) mass is 180 g/mol. The molecule has 13 heavy (non-hydrogen) atoms. The Morgan fingerprint density at radius 3 is 2.77 bits per heavy atom. The molecular formula is C11H13FO. The number of hydrogen-bond acceptors (Lipinski definition) is 1. The van der Waals surface area contributed by atoms with Crippen LogP contribution in [0.25, 0.3) is 0 Å². The zero-order chi connectivity index (χ0) is 9.42. The molecule has 2 heteroatoms. The van der Waals surface area contributed by atoms with Crippen molar-refractivity contribution >= 4 is 0 Å². The Morgan fingerprint density at radius 2 is 2.15 bits per heavy atom. The van der Waals surface area contributed by atoms with Crippen LogP contribution in [0.15, 0.2) is 18.2 Å². The molecule has 1 atom stereocenters. The van der Waals surface area contributed by atoms with Gasteiger partial charge in [0, 0.05) is 0 Å². The molecule has 1 aromatic carbocycles. The van der Waals surface area contributed by atoms with E-state index in [1.54, 1.807) is 6.07 Å². The molecule has 0 bridgehead atoms. The summed E-state index contributed by atoms with van der Waals surface area (Å²) in [5.74, 6) is 0.0980. The minimum absolute atomic E-state index is 0.264. The Labute approximate surface area is 77.2 Å². The predicted octanol–water partition coefficient (Wildman–Crippen LogP) is 2.58. The van der Waals surface area contributed by atoms with Crippen LogP contribution in [0.4, 0.5) is 4.39 Å². The molecular weight excluding hydrogens is 167 g/mol. The second-order valence-corrected chi connectivity index (χ2v) is 3.78. The van der Waals surface area contributed by atoms with Crippen molar-refractivity contribution in [3.8, 4) is 0 Å². The molecule has 1 unspecified atom stereocenters. The minimum atomic E-state index is -0.462. The van der Waals surface area contributed by atoms with Crippen molar-refractivity contribution in [1.29, 1.82) is 0 Å². The van der Waals surface area contributed by atoms with Crippen molar-refractivity contribution in [1.82, 2.24) is 0 Å². The van der Waals surface area contributed by atoms with Gasteiger partial charge in [-0.05, 0) is 48.9 Å². The fourth-order valence-electron chi connectivity index (χ4n) is 1.60. The lowest BCUT2D eigenvalue weighted by molar-refractivity contribution is 0.152. The first-order valence-electron chi connectivity index (χ1n) is 4.62. The van der Waals surface area contributed by atoms with E-state index in [4.69, 9.17) is 0 Å². The highest BCUT2D eigenvalue weighted by Crippen LogP contribution is 2.41. The summed E-state index contributed by atoms with van der Waals surface area (Å²) in [5, 5.41) is 9.80. The van der Waals surface area contributed by atoms with Crippen LogP contribution in [0.2, 0.25) is 0 Å². The molecule has 1 saturated carbocycles. The van der Waals surface area contributed by atoms with Crippen LogP contribution in [-0.4, -0.2) is 5.11 Å². The maximum Gasteiger partial charge on any atom is 0.123 e. The lowest BCUT2D eigenvalue weighted by Gasteiger charge is -2.12. The van der Waals surface area contributed by atoms with Crippen molar-refractivity contribution < 1.29 is 9.50 Å². The maximum atomic E-state index is 12.9. The normalized spacial score (nSPS) is 18.7. The van der Waals surface area contributed by atoms with E-state index in [0.717, 1.165) is 24.0 Å². The first kappa shape index (κ1) is 8.70. The second-order valence-electron chi connectivity index (χ2n) is 3.78. The van der Waals surface area contributed by atoms with Crippen LogP contribution in [0.3, 0.4) is 0 Å². The smallest absolute Gasteiger partial charge is 0.123 e. The van der Waals surface area contributed by atoms with Gasteiger partial charge in [-0.2, -0.15) is 0 Å². The average Bonchev–Trinajstić information content (AvgIpc) is 2.91. The molecule has 0 saturated heterocycles. The van der Waals surface area contributed by atoms with E-state index in [1.165, 1.54) is 12.1 Å². The van der Waals surface area contributed by atoms with Crippen molar-refractivity contribution in [3.63, 3.8) is 0 Å². The molecule has 1 N–H and O–H groups in total. The topological polar surface area (TPSA) is 20.2 Å². The Morgan fingerprint density at radius 1 is 1.46 bits per heavy atom. The molecule has 2 rings (SSSR count). The molecule has 1 fully saturated rings. The van der Waals surface area contributed by atoms with Gasteiger partial charge in [-0.25, -0.2) is 4.39 Å². The van der Waals surface area contributed by atoms with Crippen LogP contribution < -0.4 is 0 Å². The van der Waals surface area contributed by atoms with Crippen LogP contribution in [0.5, 0.6) is 0 Å².